The first-order chi connectivity index (χ1) is 48.8. The minimum absolute atomic E-state index is 0.00468. The normalized spacial score (nSPS) is 55.3. The van der Waals surface area contributed by atoms with Crippen molar-refractivity contribution < 1.29 is 173 Å². The zero-order chi connectivity index (χ0) is 75.8. The van der Waals surface area contributed by atoms with Crippen LogP contribution in [0.3, 0.4) is 0 Å². The molecule has 12 aliphatic rings. The Balaban J connectivity index is 0.798. The molecule has 7 aliphatic heterocycles. The second kappa shape index (κ2) is 30.1. The van der Waals surface area contributed by atoms with Crippen LogP contribution in [0.25, 0.3) is 0 Å². The molecule has 0 spiro atoms. The van der Waals surface area contributed by atoms with Crippen LogP contribution in [0.1, 0.15) is 107 Å². The lowest BCUT2D eigenvalue weighted by atomic mass is 9.33. The molecule has 0 aromatic heterocycles. The minimum atomic E-state index is -2.24. The second-order valence-corrected chi connectivity index (χ2v) is 33.7. The van der Waals surface area contributed by atoms with Crippen LogP contribution in [-0.2, 0) is 71.1 Å². The molecule has 0 amide bonds. The SMILES string of the molecule is C[C@@H]1O[C@@H](CO[C@@H]2[C@@H](O[C@@H]3OC[C@](O)(CO)[C@H]3O)[C@H](O[C@H]3[C@H](O[C@H]4[C@H](OC(=O)[C@]56CCC(C)(C)CC5C5=CC[C@@H]7[C@@]8(C)C[C@H](O)[C@H](O[C@@H]9O[C@H](CO)[C@@H](O)[C@H](O)[C@H]9O[C@@H]9OC[C@](O)(CO)[C@H]9O)[C@@](C)(CO)C8C(O)C[C@@]7(C)[C@]5(C)CC6)OC[C@H](O)[C@@H]4O)O[C@@H](C)[C@H](O)[C@H]3O)OC[C@H]2O)[C@H](O)[C@H](O)[C@H]1O. The molecule has 40 atom stereocenters. The number of aliphatic hydroxyl groups is 20. The van der Waals surface area contributed by atoms with Gasteiger partial charge >= 0.3 is 5.97 Å². The molecule has 4 saturated carbocycles. The zero-order valence-corrected chi connectivity index (χ0v) is 59.7. The Morgan fingerprint density at radius 2 is 1.04 bits per heavy atom. The molecule has 0 aromatic rings. The molecule has 598 valence electrons. The Kier molecular flexibility index (Phi) is 23.6. The molecule has 0 bridgehead atoms. The van der Waals surface area contributed by atoms with Crippen LogP contribution in [0.5, 0.6) is 0 Å². The van der Waals surface area contributed by atoms with E-state index in [0.29, 0.717) is 32.1 Å². The molecule has 104 heavy (non-hydrogen) atoms. The summed E-state index contributed by atoms with van der Waals surface area (Å²) in [6.07, 6.45) is -45.1. The van der Waals surface area contributed by atoms with Crippen molar-refractivity contribution in [2.45, 2.75) is 302 Å². The first kappa shape index (κ1) is 81.4. The van der Waals surface area contributed by atoms with Gasteiger partial charge in [0, 0.05) is 11.3 Å². The Hall–Kier alpha value is -2.11. The average Bonchev–Trinajstić information content (AvgIpc) is 0.780. The van der Waals surface area contributed by atoms with E-state index in [9.17, 15) is 102 Å². The van der Waals surface area contributed by atoms with Crippen LogP contribution in [0.2, 0.25) is 0 Å². The van der Waals surface area contributed by atoms with E-state index in [-0.39, 0.29) is 30.6 Å². The van der Waals surface area contributed by atoms with Crippen LogP contribution in [0.15, 0.2) is 11.6 Å². The van der Waals surface area contributed by atoms with Crippen LogP contribution in [0.4, 0.5) is 0 Å². The lowest BCUT2D eigenvalue weighted by molar-refractivity contribution is -0.388. The van der Waals surface area contributed by atoms with Crippen molar-refractivity contribution in [3.63, 3.8) is 0 Å². The van der Waals surface area contributed by atoms with Gasteiger partial charge in [-0.1, -0.05) is 53.2 Å². The lowest BCUT2D eigenvalue weighted by Gasteiger charge is -2.72. The molecule has 7 heterocycles. The molecular weight excluding hydrogens is 1390 g/mol. The third kappa shape index (κ3) is 13.7. The summed E-state index contributed by atoms with van der Waals surface area (Å²) in [4.78, 5) is 15.8. The Morgan fingerprint density at radius 1 is 0.500 bits per heavy atom. The Labute approximate surface area is 600 Å². The van der Waals surface area contributed by atoms with E-state index in [1.165, 1.54) is 13.8 Å². The maximum Gasteiger partial charge on any atom is 0.315 e. The molecule has 7 saturated heterocycles. The van der Waals surface area contributed by atoms with E-state index in [2.05, 4.69) is 33.8 Å². The van der Waals surface area contributed by atoms with Crippen LogP contribution in [0, 0.1) is 50.2 Å². The number of fused-ring (bicyclic) bond motifs is 7. The summed E-state index contributed by atoms with van der Waals surface area (Å²) in [5.74, 6) is -2.34. The van der Waals surface area contributed by atoms with Crippen molar-refractivity contribution in [3.05, 3.63) is 11.6 Å². The minimum Gasteiger partial charge on any atom is -0.432 e. The molecule has 0 aromatic carbocycles. The van der Waals surface area contributed by atoms with Gasteiger partial charge in [-0.05, 0) is 98.7 Å². The summed E-state index contributed by atoms with van der Waals surface area (Å²) in [6.45, 7) is 8.62. The third-order valence-electron chi connectivity index (χ3n) is 26.7. The van der Waals surface area contributed by atoms with Gasteiger partial charge in [0.15, 0.2) is 37.6 Å². The fraction of sp³-hybridized carbons (Fsp3) is 0.957. The predicted octanol–water partition coefficient (Wildman–Crippen LogP) is -6.99. The predicted molar refractivity (Wildman–Crippen MR) is 343 cm³/mol. The van der Waals surface area contributed by atoms with E-state index in [1.807, 2.05) is 6.92 Å². The summed E-state index contributed by atoms with van der Waals surface area (Å²) in [7, 11) is 0. The molecule has 35 heteroatoms. The average molecular weight is 1500 g/mol. The monoisotopic (exact) mass is 1500 g/mol. The summed E-state index contributed by atoms with van der Waals surface area (Å²) in [6, 6.07) is 0. The molecule has 5 aliphatic carbocycles. The van der Waals surface area contributed by atoms with Gasteiger partial charge < -0.3 is 168 Å². The molecule has 11 fully saturated rings. The highest BCUT2D eigenvalue weighted by molar-refractivity contribution is 5.79. The molecule has 3 unspecified atom stereocenters. The summed E-state index contributed by atoms with van der Waals surface area (Å²) in [5.41, 5.74) is -9.03. The van der Waals surface area contributed by atoms with Crippen LogP contribution in [-0.4, -0.2) is 363 Å². The first-order valence-electron chi connectivity index (χ1n) is 36.4. The van der Waals surface area contributed by atoms with Crippen molar-refractivity contribution in [1.29, 1.82) is 0 Å². The van der Waals surface area contributed by atoms with E-state index in [4.69, 9.17) is 66.3 Å². The highest BCUT2D eigenvalue weighted by Crippen LogP contribution is 2.76. The summed E-state index contributed by atoms with van der Waals surface area (Å²) in [5, 5.41) is 224. The Bertz CT molecular complexity index is 2990. The second-order valence-electron chi connectivity index (χ2n) is 33.7. The molecule has 20 N–H and O–H groups in total. The van der Waals surface area contributed by atoms with Crippen LogP contribution >= 0.6 is 0 Å². The lowest BCUT2D eigenvalue weighted by Crippen LogP contribution is -2.72. The highest BCUT2D eigenvalue weighted by atomic mass is 16.8. The maximum atomic E-state index is 15.8. The standard InChI is InChI=1S/C69H112O35/c1-27-38(78)43(83)42(82)36(96-27)21-91-46-34(77)20-93-56(50(46)102-60-53(87)69(90,24-73)26-95-60)99-48-44(84)39(79)28(2)97-57(48)100-47-40(80)33(76)19-92-55(47)104-61(88)67-13-11-62(3,4)15-30(67)29-9-10-37-63(5)16-32(75)54(64(6,22-71)51(63)31(74)17-66(37,8)65(29,7)12-14-67)103-58-49(45(85)41(81)35(18-70)98-58)101-59-52(86)68(89,23-72)25-94-59/h9,27-28,30-60,70-87,89-90H,10-26H2,1-8H3/t27-,28-,30?,31?,32-,33-,34+,35+,36-,37+,38-,39-,40-,41+,42-,43+,44+,45-,46-,47+,48+,49+,50+,51?,52-,53-,54-,55-,56-,57-,58-,59-,60-,63+,64-,65+,66+,67-,68+,69+/m0/s1. The molecule has 0 radical (unpaired) electrons. The first-order valence-corrected chi connectivity index (χ1v) is 36.4. The number of aliphatic hydroxyl groups excluding tert-OH is 18. The fourth-order valence-corrected chi connectivity index (χ4v) is 20.2. The largest absolute Gasteiger partial charge is 0.432 e. The topological polar surface area (TPSA) is 551 Å². The molecule has 35 nitrogen and oxygen atoms in total. The summed E-state index contributed by atoms with van der Waals surface area (Å²) < 4.78 is 85.1. The molecular formula is C69H112O35. The number of ether oxygens (including phenoxy) is 14. The number of allylic oxidation sites excluding steroid dienone is 2. The number of hydrogen-bond donors (Lipinski definition) is 20. The van der Waals surface area contributed by atoms with E-state index in [1.54, 1.807) is 6.92 Å². The van der Waals surface area contributed by atoms with Gasteiger partial charge in [-0.15, -0.1) is 0 Å². The summed E-state index contributed by atoms with van der Waals surface area (Å²) >= 11 is 0. The smallest absolute Gasteiger partial charge is 0.315 e. The van der Waals surface area contributed by atoms with Crippen molar-refractivity contribution in [1.82, 2.24) is 0 Å². The number of carbonyl (C=O) groups is 1. The highest BCUT2D eigenvalue weighted by Gasteiger charge is 2.74. The van der Waals surface area contributed by atoms with Crippen molar-refractivity contribution >= 4 is 5.97 Å². The van der Waals surface area contributed by atoms with Gasteiger partial charge in [0.2, 0.25) is 6.29 Å². The molecule has 12 rings (SSSR count). The van der Waals surface area contributed by atoms with Gasteiger partial charge in [-0.3, -0.25) is 4.79 Å². The van der Waals surface area contributed by atoms with Gasteiger partial charge in [0.05, 0.1) is 95.4 Å². The van der Waals surface area contributed by atoms with Gasteiger partial charge in [0.25, 0.3) is 0 Å². The number of esters is 1. The maximum absolute atomic E-state index is 15.8. The zero-order valence-electron chi connectivity index (χ0n) is 59.7. The van der Waals surface area contributed by atoms with E-state index in [0.717, 1.165) is 5.57 Å². The Morgan fingerprint density at radius 3 is 1.65 bits per heavy atom. The number of hydrogen-bond acceptors (Lipinski definition) is 35. The number of rotatable bonds is 19. The fourth-order valence-electron chi connectivity index (χ4n) is 20.2. The quantitative estimate of drug-likeness (QED) is 0.0325. The van der Waals surface area contributed by atoms with E-state index < -0.39 is 300 Å². The van der Waals surface area contributed by atoms with E-state index >= 15 is 4.79 Å². The van der Waals surface area contributed by atoms with Crippen molar-refractivity contribution in [3.8, 4) is 0 Å². The van der Waals surface area contributed by atoms with Gasteiger partial charge in [-0.25, -0.2) is 0 Å². The van der Waals surface area contributed by atoms with Gasteiger partial charge in [-0.2, -0.15) is 0 Å². The van der Waals surface area contributed by atoms with Crippen molar-refractivity contribution in [2.24, 2.45) is 50.2 Å². The third-order valence-corrected chi connectivity index (χ3v) is 26.7. The van der Waals surface area contributed by atoms with Gasteiger partial charge in [0.1, 0.15) is 121 Å². The van der Waals surface area contributed by atoms with Crippen LogP contribution < -0.4 is 0 Å². The van der Waals surface area contributed by atoms with Crippen molar-refractivity contribution in [2.75, 3.05) is 59.5 Å². The number of carbonyl (C=O) groups excluding carboxylic acids is 1.